The molecule has 4 aromatic rings. The first-order valence-electron chi connectivity index (χ1n) is 11.1. The van der Waals surface area contributed by atoms with E-state index >= 15 is 0 Å². The summed E-state index contributed by atoms with van der Waals surface area (Å²) < 4.78 is 47.3. The van der Waals surface area contributed by atoms with Crippen molar-refractivity contribution in [3.05, 3.63) is 96.8 Å². The number of carbonyl (C=O) groups excluding carboxylic acids is 1. The van der Waals surface area contributed by atoms with Crippen LogP contribution in [0.3, 0.4) is 0 Å². The average Bonchev–Trinajstić information content (AvgIpc) is 2.88. The topological polar surface area (TPSA) is 66.9 Å². The van der Waals surface area contributed by atoms with Gasteiger partial charge in [0.15, 0.2) is 0 Å². The van der Waals surface area contributed by atoms with Gasteiger partial charge in [-0.15, -0.1) is 0 Å². The lowest BCUT2D eigenvalue weighted by atomic mass is 10.1. The second kappa shape index (κ2) is 10.1. The van der Waals surface area contributed by atoms with Gasteiger partial charge < -0.3 is 9.64 Å². The van der Waals surface area contributed by atoms with Crippen molar-refractivity contribution >= 4 is 38.1 Å². The average molecular weight is 493 g/mol. The van der Waals surface area contributed by atoms with Gasteiger partial charge in [0.2, 0.25) is 5.91 Å². The van der Waals surface area contributed by atoms with Crippen molar-refractivity contribution in [3.8, 4) is 5.75 Å². The Hall–Kier alpha value is -3.91. The molecule has 0 radical (unpaired) electrons. The number of halogens is 1. The molecule has 0 N–H and O–H groups in total. The molecule has 6 nitrogen and oxygen atoms in total. The zero-order chi connectivity index (χ0) is 25.0. The van der Waals surface area contributed by atoms with Crippen LogP contribution in [0.5, 0.6) is 5.75 Å². The number of carbonyl (C=O) groups is 1. The predicted octanol–water partition coefficient (Wildman–Crippen LogP) is 5.24. The number of para-hydroxylation sites is 2. The van der Waals surface area contributed by atoms with Crippen LogP contribution in [0.1, 0.15) is 6.92 Å². The lowest BCUT2D eigenvalue weighted by Gasteiger charge is -2.29. The monoisotopic (exact) mass is 492 g/mol. The van der Waals surface area contributed by atoms with Gasteiger partial charge >= 0.3 is 0 Å². The molecular weight excluding hydrogens is 467 g/mol. The van der Waals surface area contributed by atoms with E-state index in [2.05, 4.69) is 0 Å². The van der Waals surface area contributed by atoms with E-state index in [1.807, 2.05) is 49.4 Å². The number of nitrogens with zero attached hydrogens (tertiary/aromatic N) is 2. The van der Waals surface area contributed by atoms with Crippen molar-refractivity contribution in [2.45, 2.75) is 11.8 Å². The first-order chi connectivity index (χ1) is 16.9. The fourth-order valence-electron chi connectivity index (χ4n) is 4.00. The van der Waals surface area contributed by atoms with E-state index in [0.717, 1.165) is 27.2 Å². The van der Waals surface area contributed by atoms with Gasteiger partial charge in [-0.05, 0) is 54.8 Å². The third-order valence-electron chi connectivity index (χ3n) is 5.71. The number of fused-ring (bicyclic) bond motifs is 1. The highest BCUT2D eigenvalue weighted by atomic mass is 32.2. The second-order valence-corrected chi connectivity index (χ2v) is 9.64. The maximum atomic E-state index is 13.7. The maximum absolute atomic E-state index is 13.7. The molecule has 35 heavy (non-hydrogen) atoms. The minimum Gasteiger partial charge on any atom is -0.495 e. The van der Waals surface area contributed by atoms with Crippen LogP contribution in [0.15, 0.2) is 95.9 Å². The van der Waals surface area contributed by atoms with E-state index in [4.69, 9.17) is 4.74 Å². The summed E-state index contributed by atoms with van der Waals surface area (Å²) in [5.41, 5.74) is 0.899. The number of likely N-dealkylation sites (N-methyl/N-ethyl adjacent to an activating group) is 1. The molecule has 0 bridgehead atoms. The molecule has 0 fully saturated rings. The molecule has 0 aromatic heterocycles. The van der Waals surface area contributed by atoms with Crippen LogP contribution in [-0.2, 0) is 14.8 Å². The van der Waals surface area contributed by atoms with Gasteiger partial charge in [-0.1, -0.05) is 48.5 Å². The van der Waals surface area contributed by atoms with E-state index in [-0.39, 0.29) is 10.6 Å². The first kappa shape index (κ1) is 24.2. The van der Waals surface area contributed by atoms with Crippen molar-refractivity contribution in [2.24, 2.45) is 0 Å². The molecule has 0 heterocycles. The summed E-state index contributed by atoms with van der Waals surface area (Å²) in [5.74, 6) is -0.684. The third kappa shape index (κ3) is 4.83. The SMILES string of the molecule is CCN(C(=O)CN(c1ccccc1OC)S(=O)(=O)c1ccc(F)cc1)c1cccc2ccccc12. The van der Waals surface area contributed by atoms with E-state index in [1.165, 1.54) is 19.2 Å². The number of rotatable bonds is 8. The molecule has 0 atom stereocenters. The molecule has 180 valence electrons. The van der Waals surface area contributed by atoms with Crippen LogP contribution < -0.4 is 13.9 Å². The molecule has 0 saturated carbocycles. The highest BCUT2D eigenvalue weighted by Crippen LogP contribution is 2.33. The number of benzene rings is 4. The number of anilines is 2. The van der Waals surface area contributed by atoms with Crippen LogP contribution in [0.2, 0.25) is 0 Å². The quantitative estimate of drug-likeness (QED) is 0.338. The van der Waals surface area contributed by atoms with E-state index in [1.54, 1.807) is 29.2 Å². The van der Waals surface area contributed by atoms with Gasteiger partial charge in [0.05, 0.1) is 23.4 Å². The zero-order valence-corrected chi connectivity index (χ0v) is 20.2. The molecule has 1 amide bonds. The van der Waals surface area contributed by atoms with Gasteiger partial charge in [0.1, 0.15) is 18.1 Å². The Morgan fingerprint density at radius 2 is 1.49 bits per heavy atom. The van der Waals surface area contributed by atoms with Crippen LogP contribution in [0.25, 0.3) is 10.8 Å². The van der Waals surface area contributed by atoms with Crippen molar-refractivity contribution < 1.29 is 22.3 Å². The summed E-state index contributed by atoms with van der Waals surface area (Å²) in [4.78, 5) is 15.1. The van der Waals surface area contributed by atoms with Crippen molar-refractivity contribution in [1.82, 2.24) is 0 Å². The van der Waals surface area contributed by atoms with E-state index < -0.39 is 28.3 Å². The number of amides is 1. The first-order valence-corrected chi connectivity index (χ1v) is 12.5. The fourth-order valence-corrected chi connectivity index (χ4v) is 5.43. The smallest absolute Gasteiger partial charge is 0.264 e. The summed E-state index contributed by atoms with van der Waals surface area (Å²) >= 11 is 0. The highest BCUT2D eigenvalue weighted by molar-refractivity contribution is 7.92. The van der Waals surface area contributed by atoms with Gasteiger partial charge in [-0.2, -0.15) is 0 Å². The Bertz CT molecular complexity index is 1450. The Morgan fingerprint density at radius 1 is 0.857 bits per heavy atom. The van der Waals surface area contributed by atoms with Gasteiger partial charge in [0, 0.05) is 11.9 Å². The van der Waals surface area contributed by atoms with Gasteiger partial charge in [-0.3, -0.25) is 9.10 Å². The number of methoxy groups -OCH3 is 1. The van der Waals surface area contributed by atoms with Crippen molar-refractivity contribution in [3.63, 3.8) is 0 Å². The molecule has 4 aromatic carbocycles. The lowest BCUT2D eigenvalue weighted by Crippen LogP contribution is -2.43. The van der Waals surface area contributed by atoms with E-state index in [9.17, 15) is 17.6 Å². The number of sulfonamides is 1. The minimum absolute atomic E-state index is 0.134. The zero-order valence-electron chi connectivity index (χ0n) is 19.4. The molecule has 0 unspecified atom stereocenters. The van der Waals surface area contributed by atoms with Crippen LogP contribution in [0.4, 0.5) is 15.8 Å². The summed E-state index contributed by atoms with van der Waals surface area (Å²) in [7, 11) is -2.80. The standard InChI is InChI=1S/C27H25FN2O4S/c1-3-29(24-13-8-10-20-9-4-5-11-23(20)24)27(31)19-30(25-12-6-7-14-26(25)34-2)35(32,33)22-17-15-21(28)16-18-22/h4-18H,3,19H2,1-2H3. The fraction of sp³-hybridized carbons (Fsp3) is 0.148. The minimum atomic E-state index is -4.23. The van der Waals surface area contributed by atoms with Crippen LogP contribution in [-0.4, -0.2) is 34.5 Å². The third-order valence-corrected chi connectivity index (χ3v) is 7.48. The van der Waals surface area contributed by atoms with Crippen molar-refractivity contribution in [1.29, 1.82) is 0 Å². The normalized spacial score (nSPS) is 11.3. The highest BCUT2D eigenvalue weighted by Gasteiger charge is 2.31. The molecule has 0 aliphatic heterocycles. The summed E-state index contributed by atoms with van der Waals surface area (Å²) in [6, 6.07) is 24.4. The maximum Gasteiger partial charge on any atom is 0.264 e. The Morgan fingerprint density at radius 3 is 2.20 bits per heavy atom. The molecule has 4 rings (SSSR count). The molecule has 0 aliphatic rings. The Kier molecular flexibility index (Phi) is 7.02. The molecule has 0 aliphatic carbocycles. The van der Waals surface area contributed by atoms with Crippen molar-refractivity contribution in [2.75, 3.05) is 29.4 Å². The van der Waals surface area contributed by atoms with Gasteiger partial charge in [0.25, 0.3) is 10.0 Å². The molecule has 0 saturated heterocycles. The number of ether oxygens (including phenoxy) is 1. The van der Waals surface area contributed by atoms with Crippen LogP contribution in [0, 0.1) is 5.82 Å². The summed E-state index contributed by atoms with van der Waals surface area (Å²) in [5, 5.41) is 1.85. The predicted molar refractivity (Wildman–Crippen MR) is 136 cm³/mol. The largest absolute Gasteiger partial charge is 0.495 e. The number of hydrogen-bond acceptors (Lipinski definition) is 4. The second-order valence-electron chi connectivity index (χ2n) is 7.77. The Balaban J connectivity index is 1.79. The molecule has 8 heteroatoms. The molecule has 0 spiro atoms. The summed E-state index contributed by atoms with van der Waals surface area (Å²) in [6.45, 7) is 1.70. The summed E-state index contributed by atoms with van der Waals surface area (Å²) in [6.07, 6.45) is 0. The lowest BCUT2D eigenvalue weighted by molar-refractivity contribution is -0.117. The Labute approximate surface area is 204 Å². The number of hydrogen-bond donors (Lipinski definition) is 0. The molecular formula is C27H25FN2O4S. The van der Waals surface area contributed by atoms with Gasteiger partial charge in [-0.25, -0.2) is 12.8 Å². The van der Waals surface area contributed by atoms with E-state index in [0.29, 0.717) is 18.0 Å². The van der Waals surface area contributed by atoms with Crippen LogP contribution >= 0.6 is 0 Å².